The number of hydrogen-bond donors (Lipinski definition) is 2. The summed E-state index contributed by atoms with van der Waals surface area (Å²) in [6, 6.07) is 9.68. The second-order valence-corrected chi connectivity index (χ2v) is 5.92. The molecular weight excluding hydrogens is 369 g/mol. The van der Waals surface area contributed by atoms with E-state index in [9.17, 15) is 22.8 Å². The Labute approximate surface area is 153 Å². The van der Waals surface area contributed by atoms with E-state index in [0.29, 0.717) is 5.69 Å². The van der Waals surface area contributed by atoms with Crippen molar-refractivity contribution in [3.05, 3.63) is 58.6 Å². The highest BCUT2D eigenvalue weighted by Crippen LogP contribution is 2.33. The fraction of sp³-hybridized carbons (Fsp3) is 0.222. The highest BCUT2D eigenvalue weighted by Gasteiger charge is 2.31. The largest absolute Gasteiger partial charge is 0.416 e. The normalized spacial score (nSPS) is 11.1. The first-order chi connectivity index (χ1) is 12.2. The number of hydrogen-bond acceptors (Lipinski definition) is 2. The van der Waals surface area contributed by atoms with E-state index < -0.39 is 30.0 Å². The highest BCUT2D eigenvalue weighted by atomic mass is 35.5. The molecule has 26 heavy (non-hydrogen) atoms. The van der Waals surface area contributed by atoms with Crippen molar-refractivity contribution in [3.8, 4) is 0 Å². The summed E-state index contributed by atoms with van der Waals surface area (Å²) in [5, 5.41) is 4.72. The second kappa shape index (κ2) is 8.23. The van der Waals surface area contributed by atoms with Crippen LogP contribution in [0.15, 0.2) is 42.5 Å². The quantitative estimate of drug-likeness (QED) is 0.721. The SMILES string of the molecule is CCc1ccc(NC(=O)CC(=O)Nc2cc(C(F)(F)F)ccc2Cl)cc1. The third-order valence-corrected chi connectivity index (χ3v) is 3.86. The minimum Gasteiger partial charge on any atom is -0.326 e. The lowest BCUT2D eigenvalue weighted by atomic mass is 10.1. The van der Waals surface area contributed by atoms with Gasteiger partial charge in [-0.05, 0) is 42.3 Å². The Bertz CT molecular complexity index is 805. The highest BCUT2D eigenvalue weighted by molar-refractivity contribution is 6.33. The molecule has 0 saturated carbocycles. The van der Waals surface area contributed by atoms with Crippen LogP contribution < -0.4 is 10.6 Å². The van der Waals surface area contributed by atoms with Gasteiger partial charge < -0.3 is 10.6 Å². The topological polar surface area (TPSA) is 58.2 Å². The zero-order valence-electron chi connectivity index (χ0n) is 13.8. The number of alkyl halides is 3. The van der Waals surface area contributed by atoms with E-state index in [-0.39, 0.29) is 10.7 Å². The van der Waals surface area contributed by atoms with Crippen LogP contribution in [0.2, 0.25) is 5.02 Å². The Kier molecular flexibility index (Phi) is 6.26. The van der Waals surface area contributed by atoms with Gasteiger partial charge in [-0.1, -0.05) is 30.7 Å². The molecule has 0 spiro atoms. The van der Waals surface area contributed by atoms with Crippen LogP contribution in [0.5, 0.6) is 0 Å². The summed E-state index contributed by atoms with van der Waals surface area (Å²) in [4.78, 5) is 23.8. The van der Waals surface area contributed by atoms with E-state index >= 15 is 0 Å². The molecule has 0 aliphatic heterocycles. The van der Waals surface area contributed by atoms with Crippen molar-refractivity contribution in [2.24, 2.45) is 0 Å². The molecule has 0 aromatic heterocycles. The van der Waals surface area contributed by atoms with Crippen molar-refractivity contribution in [1.82, 2.24) is 0 Å². The van der Waals surface area contributed by atoms with Crippen molar-refractivity contribution >= 4 is 34.8 Å². The molecule has 0 aliphatic rings. The standard InChI is InChI=1S/C18H16ClF3N2O2/c1-2-11-3-6-13(7-4-11)23-16(25)10-17(26)24-15-9-12(18(20,21)22)5-8-14(15)19/h3-9H,2,10H2,1H3,(H,23,25)(H,24,26). The van der Waals surface area contributed by atoms with Gasteiger partial charge in [0.25, 0.3) is 0 Å². The average molecular weight is 385 g/mol. The maximum absolute atomic E-state index is 12.7. The minimum atomic E-state index is -4.56. The van der Waals surface area contributed by atoms with Crippen molar-refractivity contribution in [1.29, 1.82) is 0 Å². The molecule has 2 rings (SSSR count). The van der Waals surface area contributed by atoms with Crippen molar-refractivity contribution in [2.45, 2.75) is 25.9 Å². The predicted molar refractivity (Wildman–Crippen MR) is 94.2 cm³/mol. The van der Waals surface area contributed by atoms with Gasteiger partial charge in [0.1, 0.15) is 6.42 Å². The van der Waals surface area contributed by atoms with Gasteiger partial charge in [-0.2, -0.15) is 13.2 Å². The molecule has 0 radical (unpaired) electrons. The molecule has 0 atom stereocenters. The first kappa shape index (κ1) is 19.8. The number of aryl methyl sites for hydroxylation is 1. The van der Waals surface area contributed by atoms with Gasteiger partial charge in [0, 0.05) is 5.69 Å². The van der Waals surface area contributed by atoms with Crippen molar-refractivity contribution < 1.29 is 22.8 Å². The van der Waals surface area contributed by atoms with Crippen LogP contribution in [-0.4, -0.2) is 11.8 Å². The van der Waals surface area contributed by atoms with Crippen molar-refractivity contribution in [2.75, 3.05) is 10.6 Å². The Morgan fingerprint density at radius 2 is 1.62 bits per heavy atom. The summed E-state index contributed by atoms with van der Waals surface area (Å²) in [6.07, 6.45) is -4.26. The van der Waals surface area contributed by atoms with E-state index in [0.717, 1.165) is 30.2 Å². The third-order valence-electron chi connectivity index (χ3n) is 3.53. The molecule has 0 fully saturated rings. The molecule has 0 bridgehead atoms. The van der Waals surface area contributed by atoms with Gasteiger partial charge in [0.15, 0.2) is 0 Å². The maximum Gasteiger partial charge on any atom is 0.416 e. The first-order valence-corrected chi connectivity index (χ1v) is 8.12. The summed E-state index contributed by atoms with van der Waals surface area (Å²) >= 11 is 5.80. The fourth-order valence-electron chi connectivity index (χ4n) is 2.17. The maximum atomic E-state index is 12.7. The number of amides is 2. The molecule has 0 aliphatic carbocycles. The van der Waals surface area contributed by atoms with Crippen LogP contribution in [0, 0.1) is 0 Å². The van der Waals surface area contributed by atoms with Crippen LogP contribution in [0.1, 0.15) is 24.5 Å². The van der Waals surface area contributed by atoms with E-state index in [1.165, 1.54) is 0 Å². The zero-order valence-corrected chi connectivity index (χ0v) is 14.5. The zero-order chi connectivity index (χ0) is 19.3. The van der Waals surface area contributed by atoms with Gasteiger partial charge in [-0.25, -0.2) is 0 Å². The molecule has 138 valence electrons. The number of rotatable bonds is 5. The van der Waals surface area contributed by atoms with Crippen molar-refractivity contribution in [3.63, 3.8) is 0 Å². The van der Waals surface area contributed by atoms with Gasteiger partial charge in [-0.3, -0.25) is 9.59 Å². The number of halogens is 4. The second-order valence-electron chi connectivity index (χ2n) is 5.52. The summed E-state index contributed by atoms with van der Waals surface area (Å²) in [7, 11) is 0. The molecule has 2 amide bonds. The molecule has 2 N–H and O–H groups in total. The fourth-order valence-corrected chi connectivity index (χ4v) is 2.33. The smallest absolute Gasteiger partial charge is 0.326 e. The molecule has 4 nitrogen and oxygen atoms in total. The van der Waals surface area contributed by atoms with Gasteiger partial charge in [0.05, 0.1) is 16.3 Å². The Morgan fingerprint density at radius 1 is 1.00 bits per heavy atom. The summed E-state index contributed by atoms with van der Waals surface area (Å²) in [5.74, 6) is -1.36. The van der Waals surface area contributed by atoms with E-state index in [1.54, 1.807) is 12.1 Å². The molecule has 0 unspecified atom stereocenters. The number of benzene rings is 2. The number of nitrogens with one attached hydrogen (secondary N) is 2. The summed E-state index contributed by atoms with van der Waals surface area (Å²) < 4.78 is 38.2. The van der Waals surface area contributed by atoms with Crippen LogP contribution in [-0.2, 0) is 22.2 Å². The molecular formula is C18H16ClF3N2O2. The molecule has 2 aromatic rings. The minimum absolute atomic E-state index is 0.0538. The van der Waals surface area contributed by atoms with Crippen LogP contribution in [0.25, 0.3) is 0 Å². The first-order valence-electron chi connectivity index (χ1n) is 7.74. The molecule has 0 saturated heterocycles. The van der Waals surface area contributed by atoms with Crippen LogP contribution in [0.3, 0.4) is 0 Å². The molecule has 0 heterocycles. The molecule has 8 heteroatoms. The summed E-state index contributed by atoms with van der Waals surface area (Å²) in [6.45, 7) is 2.00. The number of anilines is 2. The van der Waals surface area contributed by atoms with Crippen LogP contribution >= 0.6 is 11.6 Å². The Morgan fingerprint density at radius 3 is 2.19 bits per heavy atom. The summed E-state index contributed by atoms with van der Waals surface area (Å²) in [5.41, 5.74) is 0.473. The van der Waals surface area contributed by atoms with Gasteiger partial charge in [-0.15, -0.1) is 0 Å². The molecule has 2 aromatic carbocycles. The average Bonchev–Trinajstić information content (AvgIpc) is 2.56. The van der Waals surface area contributed by atoms with E-state index in [2.05, 4.69) is 10.6 Å². The Balaban J connectivity index is 1.98. The number of carbonyl (C=O) groups is 2. The lowest BCUT2D eigenvalue weighted by Crippen LogP contribution is -2.21. The van der Waals surface area contributed by atoms with Gasteiger partial charge in [0.2, 0.25) is 11.8 Å². The monoisotopic (exact) mass is 384 g/mol. The lowest BCUT2D eigenvalue weighted by molar-refractivity contribution is -0.137. The van der Waals surface area contributed by atoms with E-state index in [1.807, 2.05) is 19.1 Å². The van der Waals surface area contributed by atoms with Crippen LogP contribution in [0.4, 0.5) is 24.5 Å². The Hall–Kier alpha value is -2.54. The number of carbonyl (C=O) groups excluding carboxylic acids is 2. The van der Waals surface area contributed by atoms with Gasteiger partial charge >= 0.3 is 6.18 Å². The predicted octanol–water partition coefficient (Wildman–Crippen LogP) is 4.89. The third kappa shape index (κ3) is 5.49. The van der Waals surface area contributed by atoms with E-state index in [4.69, 9.17) is 11.6 Å². The lowest BCUT2D eigenvalue weighted by Gasteiger charge is -2.12.